The van der Waals surface area contributed by atoms with Crippen LogP contribution in [0.2, 0.25) is 0 Å². The van der Waals surface area contributed by atoms with Gasteiger partial charge in [0.05, 0.1) is 0 Å². The smallest absolute Gasteiger partial charge is 0.271 e. The zero-order valence-corrected chi connectivity index (χ0v) is 18.3. The Morgan fingerprint density at radius 1 is 1.23 bits per heavy atom. The second-order valence-corrected chi connectivity index (χ2v) is 8.83. The fourth-order valence-corrected chi connectivity index (χ4v) is 4.08. The molecule has 1 saturated heterocycles. The van der Waals surface area contributed by atoms with Gasteiger partial charge >= 0.3 is 0 Å². The zero-order chi connectivity index (χ0) is 21.8. The summed E-state index contributed by atoms with van der Waals surface area (Å²) < 4.78 is 0. The Kier molecular flexibility index (Phi) is 6.51. The summed E-state index contributed by atoms with van der Waals surface area (Å²) in [5.74, 6) is 0.684. The molecular weight excluding hydrogens is 390 g/mol. The number of carbonyl (C=O) groups is 1. The molecule has 3 heterocycles. The van der Waals surface area contributed by atoms with Crippen LogP contribution in [0.4, 0.5) is 5.69 Å². The molecule has 4 rings (SSSR count). The normalized spacial score (nSPS) is 18.8. The lowest BCUT2D eigenvalue weighted by Gasteiger charge is -2.31. The molecule has 2 aromatic rings. The molecule has 0 spiro atoms. The molecule has 31 heavy (non-hydrogen) atoms. The molecule has 1 saturated carbocycles. The Morgan fingerprint density at radius 2 is 2.00 bits per heavy atom. The molecule has 1 aliphatic carbocycles. The Labute approximate surface area is 183 Å². The number of likely N-dealkylation sites (tertiary alicyclic amines) is 1. The van der Waals surface area contributed by atoms with E-state index in [1.54, 1.807) is 24.7 Å². The van der Waals surface area contributed by atoms with E-state index in [-0.39, 0.29) is 17.5 Å². The highest BCUT2D eigenvalue weighted by atomic mass is 16.2. The molecule has 164 valence electrons. The minimum atomic E-state index is -0.0749. The summed E-state index contributed by atoms with van der Waals surface area (Å²) in [6, 6.07) is 6.02. The minimum absolute atomic E-state index is 0.0511. The van der Waals surface area contributed by atoms with Gasteiger partial charge in [0.25, 0.3) is 5.56 Å². The van der Waals surface area contributed by atoms with Crippen LogP contribution in [-0.2, 0) is 4.79 Å². The average Bonchev–Trinajstić information content (AvgIpc) is 3.46. The third kappa shape index (κ3) is 5.41. The van der Waals surface area contributed by atoms with Gasteiger partial charge in [0, 0.05) is 62.5 Å². The molecule has 1 N–H and O–H groups in total. The number of amides is 1. The van der Waals surface area contributed by atoms with E-state index in [2.05, 4.69) is 14.9 Å². The van der Waals surface area contributed by atoms with Crippen molar-refractivity contribution < 1.29 is 4.79 Å². The van der Waals surface area contributed by atoms with Crippen molar-refractivity contribution in [2.24, 2.45) is 5.92 Å². The number of rotatable bonds is 8. The molecule has 1 atom stereocenters. The highest BCUT2D eigenvalue weighted by Gasteiger charge is 2.34. The Morgan fingerprint density at radius 3 is 2.71 bits per heavy atom. The Balaban J connectivity index is 1.54. The molecule has 2 aromatic heterocycles. The zero-order valence-electron chi connectivity index (χ0n) is 18.3. The number of anilines is 1. The topological polar surface area (TPSA) is 72.5 Å². The average molecular weight is 422 g/mol. The van der Waals surface area contributed by atoms with Crippen molar-refractivity contribution in [1.82, 2.24) is 19.8 Å². The van der Waals surface area contributed by atoms with E-state index >= 15 is 0 Å². The number of aromatic amines is 1. The molecule has 0 unspecified atom stereocenters. The first-order chi connectivity index (χ1) is 15.0. The van der Waals surface area contributed by atoms with Crippen molar-refractivity contribution in [3.63, 3.8) is 0 Å². The summed E-state index contributed by atoms with van der Waals surface area (Å²) in [5.41, 5.74) is 2.61. The standard InChI is InChI=1S/C24H31N5O2/c1-27(2)12-3-4-23(30)28-13-9-21(17-28)29(16-18-5-6-18)22-14-20(15-26-24(22)31)19-7-10-25-11-8-19/h3-4,7-8,10-11,14-15,18,21H,5-6,9,12-13,16-17H2,1-2H3,(H,26,31)/t21-/m1/s1. The molecule has 0 bridgehead atoms. The number of hydrogen-bond donors (Lipinski definition) is 1. The van der Waals surface area contributed by atoms with Crippen molar-refractivity contribution >= 4 is 11.6 Å². The maximum atomic E-state index is 12.8. The van der Waals surface area contributed by atoms with Crippen LogP contribution >= 0.6 is 0 Å². The molecular formula is C24H31N5O2. The highest BCUT2D eigenvalue weighted by Crippen LogP contribution is 2.33. The van der Waals surface area contributed by atoms with Crippen LogP contribution in [0.3, 0.4) is 0 Å². The summed E-state index contributed by atoms with van der Waals surface area (Å²) in [5, 5.41) is 0. The van der Waals surface area contributed by atoms with E-state index in [9.17, 15) is 9.59 Å². The number of carbonyl (C=O) groups excluding carboxylic acids is 1. The summed E-state index contributed by atoms with van der Waals surface area (Å²) in [6.45, 7) is 2.98. The van der Waals surface area contributed by atoms with Gasteiger partial charge < -0.3 is 19.7 Å². The van der Waals surface area contributed by atoms with Crippen LogP contribution in [0.1, 0.15) is 19.3 Å². The van der Waals surface area contributed by atoms with Gasteiger partial charge in [0.1, 0.15) is 5.69 Å². The first-order valence-corrected chi connectivity index (χ1v) is 11.0. The van der Waals surface area contributed by atoms with Gasteiger partial charge in [0.2, 0.25) is 5.91 Å². The number of nitrogens with one attached hydrogen (secondary N) is 1. The lowest BCUT2D eigenvalue weighted by Crippen LogP contribution is -2.42. The van der Waals surface area contributed by atoms with Gasteiger partial charge in [-0.2, -0.15) is 0 Å². The molecule has 0 aromatic carbocycles. The second-order valence-electron chi connectivity index (χ2n) is 8.83. The molecule has 2 aliphatic rings. The quantitative estimate of drug-likeness (QED) is 0.663. The summed E-state index contributed by atoms with van der Waals surface area (Å²) in [6.07, 6.45) is 12.1. The predicted octanol–water partition coefficient (Wildman–Crippen LogP) is 2.37. The van der Waals surface area contributed by atoms with Crippen molar-refractivity contribution in [2.75, 3.05) is 45.2 Å². The Hall–Kier alpha value is -2.93. The van der Waals surface area contributed by atoms with Crippen LogP contribution in [0, 0.1) is 5.92 Å². The van der Waals surface area contributed by atoms with E-state index in [1.165, 1.54) is 12.8 Å². The van der Waals surface area contributed by atoms with E-state index in [0.717, 1.165) is 37.2 Å². The van der Waals surface area contributed by atoms with E-state index in [1.807, 2.05) is 48.2 Å². The van der Waals surface area contributed by atoms with Crippen molar-refractivity contribution in [2.45, 2.75) is 25.3 Å². The van der Waals surface area contributed by atoms with Gasteiger partial charge in [-0.1, -0.05) is 6.08 Å². The second kappa shape index (κ2) is 9.47. The van der Waals surface area contributed by atoms with Crippen molar-refractivity contribution in [3.8, 4) is 11.1 Å². The van der Waals surface area contributed by atoms with Crippen LogP contribution in [-0.4, -0.2) is 72.0 Å². The summed E-state index contributed by atoms with van der Waals surface area (Å²) >= 11 is 0. The number of hydrogen-bond acceptors (Lipinski definition) is 5. The van der Waals surface area contributed by atoms with Gasteiger partial charge in [-0.25, -0.2) is 0 Å². The minimum Gasteiger partial charge on any atom is -0.362 e. The van der Waals surface area contributed by atoms with Crippen LogP contribution in [0.15, 0.2) is 53.7 Å². The van der Waals surface area contributed by atoms with Crippen LogP contribution in [0.25, 0.3) is 11.1 Å². The third-order valence-corrected chi connectivity index (χ3v) is 6.01. The fraction of sp³-hybridized carbons (Fsp3) is 0.458. The third-order valence-electron chi connectivity index (χ3n) is 6.01. The predicted molar refractivity (Wildman–Crippen MR) is 123 cm³/mol. The lowest BCUT2D eigenvalue weighted by atomic mass is 10.1. The molecule has 7 nitrogen and oxygen atoms in total. The lowest BCUT2D eigenvalue weighted by molar-refractivity contribution is -0.125. The van der Waals surface area contributed by atoms with Crippen molar-refractivity contribution in [1.29, 1.82) is 0 Å². The molecule has 0 radical (unpaired) electrons. The van der Waals surface area contributed by atoms with E-state index in [0.29, 0.717) is 18.2 Å². The van der Waals surface area contributed by atoms with E-state index in [4.69, 9.17) is 0 Å². The highest BCUT2D eigenvalue weighted by molar-refractivity contribution is 5.88. The van der Waals surface area contributed by atoms with Gasteiger partial charge in [-0.3, -0.25) is 14.6 Å². The summed E-state index contributed by atoms with van der Waals surface area (Å²) in [4.78, 5) is 38.6. The maximum absolute atomic E-state index is 12.8. The Bertz CT molecular complexity index is 981. The maximum Gasteiger partial charge on any atom is 0.271 e. The monoisotopic (exact) mass is 421 g/mol. The molecule has 2 fully saturated rings. The van der Waals surface area contributed by atoms with Crippen LogP contribution < -0.4 is 10.5 Å². The molecule has 7 heteroatoms. The van der Waals surface area contributed by atoms with Gasteiger partial charge in [0.15, 0.2) is 0 Å². The largest absolute Gasteiger partial charge is 0.362 e. The number of aromatic nitrogens is 2. The van der Waals surface area contributed by atoms with Gasteiger partial charge in [-0.05, 0) is 63.0 Å². The first kappa shape index (κ1) is 21.3. The number of nitrogens with zero attached hydrogens (tertiary/aromatic N) is 4. The summed E-state index contributed by atoms with van der Waals surface area (Å²) in [7, 11) is 3.96. The number of H-pyrrole nitrogens is 1. The number of likely N-dealkylation sites (N-methyl/N-ethyl adjacent to an activating group) is 1. The van der Waals surface area contributed by atoms with E-state index < -0.39 is 0 Å². The molecule has 1 aliphatic heterocycles. The van der Waals surface area contributed by atoms with Crippen LogP contribution in [0.5, 0.6) is 0 Å². The fourth-order valence-electron chi connectivity index (χ4n) is 4.08. The first-order valence-electron chi connectivity index (χ1n) is 11.0. The molecule has 1 amide bonds. The van der Waals surface area contributed by atoms with Crippen molar-refractivity contribution in [3.05, 3.63) is 59.3 Å². The SMILES string of the molecule is CN(C)CC=CC(=O)N1CC[C@@H](N(CC2CC2)c2cc(-c3ccncc3)c[nH]c2=O)C1. The number of pyridine rings is 2. The van der Waals surface area contributed by atoms with Gasteiger partial charge in [-0.15, -0.1) is 0 Å².